The summed E-state index contributed by atoms with van der Waals surface area (Å²) in [5.41, 5.74) is 0.691. The Labute approximate surface area is 160 Å². The summed E-state index contributed by atoms with van der Waals surface area (Å²) in [6.45, 7) is 8.17. The largest absolute Gasteiger partial charge is 0.371 e. The molecule has 27 heavy (non-hydrogen) atoms. The van der Waals surface area contributed by atoms with Gasteiger partial charge in [-0.3, -0.25) is 0 Å². The Kier molecular flexibility index (Phi) is 6.88. The summed E-state index contributed by atoms with van der Waals surface area (Å²) in [7, 11) is 0. The van der Waals surface area contributed by atoms with E-state index >= 15 is 0 Å². The first kappa shape index (κ1) is 19.9. The van der Waals surface area contributed by atoms with Crippen molar-refractivity contribution in [1.82, 2.24) is 15.5 Å². The monoisotopic (exact) mass is 380 g/mol. The van der Waals surface area contributed by atoms with E-state index in [0.717, 1.165) is 51.1 Å². The highest BCUT2D eigenvalue weighted by Gasteiger charge is 2.24. The third kappa shape index (κ3) is 5.79. The number of nitrogens with one attached hydrogen (secondary N) is 2. The zero-order valence-electron chi connectivity index (χ0n) is 16.0. The maximum Gasteiger partial charge on any atom is 0.314 e. The second-order valence-electron chi connectivity index (χ2n) is 7.88. The molecule has 2 aliphatic rings. The Morgan fingerprint density at radius 3 is 2.78 bits per heavy atom. The molecule has 150 valence electrons. The first-order valence-electron chi connectivity index (χ1n) is 9.95. The molecule has 0 aliphatic carbocycles. The lowest BCUT2D eigenvalue weighted by Crippen LogP contribution is -2.44. The lowest BCUT2D eigenvalue weighted by molar-refractivity contribution is 0.183. The quantitative estimate of drug-likeness (QED) is 0.798. The molecule has 2 atom stereocenters. The van der Waals surface area contributed by atoms with E-state index in [2.05, 4.69) is 22.5 Å². The van der Waals surface area contributed by atoms with E-state index in [1.54, 1.807) is 6.07 Å². The molecule has 1 aromatic carbocycles. The number of anilines is 1. The highest BCUT2D eigenvalue weighted by Crippen LogP contribution is 2.25. The number of likely N-dealkylation sites (tertiary alicyclic amines) is 1. The molecule has 2 amide bonds. The van der Waals surface area contributed by atoms with Gasteiger partial charge in [-0.05, 0) is 49.8 Å². The van der Waals surface area contributed by atoms with E-state index in [0.29, 0.717) is 24.7 Å². The van der Waals surface area contributed by atoms with E-state index in [1.807, 2.05) is 4.90 Å². The van der Waals surface area contributed by atoms with Crippen LogP contribution in [0.4, 0.5) is 19.3 Å². The number of urea groups is 1. The van der Waals surface area contributed by atoms with Gasteiger partial charge in [0.05, 0.1) is 0 Å². The molecule has 0 bridgehead atoms. The van der Waals surface area contributed by atoms with Gasteiger partial charge in [0.2, 0.25) is 0 Å². The van der Waals surface area contributed by atoms with E-state index in [4.69, 9.17) is 0 Å². The van der Waals surface area contributed by atoms with Crippen molar-refractivity contribution in [3.8, 4) is 0 Å². The van der Waals surface area contributed by atoms with Gasteiger partial charge in [0.25, 0.3) is 0 Å². The summed E-state index contributed by atoms with van der Waals surface area (Å²) in [6.07, 6.45) is 3.46. The number of hydrogen-bond acceptors (Lipinski definition) is 3. The predicted octanol–water partition coefficient (Wildman–Crippen LogP) is 2.82. The van der Waals surface area contributed by atoms with E-state index in [-0.39, 0.29) is 6.03 Å². The lowest BCUT2D eigenvalue weighted by Gasteiger charge is -2.30. The number of amides is 2. The van der Waals surface area contributed by atoms with Gasteiger partial charge in [0.15, 0.2) is 11.6 Å². The van der Waals surface area contributed by atoms with E-state index < -0.39 is 11.6 Å². The number of piperidine rings is 1. The van der Waals surface area contributed by atoms with Gasteiger partial charge in [-0.15, -0.1) is 0 Å². The lowest BCUT2D eigenvalue weighted by atomic mass is 10.0. The van der Waals surface area contributed by atoms with Crippen LogP contribution >= 0.6 is 0 Å². The third-order valence-electron chi connectivity index (χ3n) is 5.56. The maximum atomic E-state index is 13.4. The predicted molar refractivity (Wildman–Crippen MR) is 103 cm³/mol. The molecule has 0 unspecified atom stereocenters. The van der Waals surface area contributed by atoms with E-state index in [9.17, 15) is 13.6 Å². The van der Waals surface area contributed by atoms with Crippen LogP contribution < -0.4 is 15.5 Å². The number of halogens is 2. The summed E-state index contributed by atoms with van der Waals surface area (Å²) < 4.78 is 26.4. The highest BCUT2D eigenvalue weighted by atomic mass is 19.2. The summed E-state index contributed by atoms with van der Waals surface area (Å²) >= 11 is 0. The zero-order valence-corrected chi connectivity index (χ0v) is 16.0. The van der Waals surface area contributed by atoms with Crippen LogP contribution in [0.25, 0.3) is 0 Å². The smallest absolute Gasteiger partial charge is 0.314 e. The molecule has 0 spiro atoms. The van der Waals surface area contributed by atoms with Crippen LogP contribution in [0.15, 0.2) is 18.2 Å². The van der Waals surface area contributed by atoms with Crippen molar-refractivity contribution in [3.63, 3.8) is 0 Å². The Hall–Kier alpha value is -1.89. The molecular weight excluding hydrogens is 350 g/mol. The van der Waals surface area contributed by atoms with Crippen molar-refractivity contribution >= 4 is 11.7 Å². The Morgan fingerprint density at radius 2 is 2.00 bits per heavy atom. The minimum absolute atomic E-state index is 0.133. The van der Waals surface area contributed by atoms with Crippen molar-refractivity contribution in [2.75, 3.05) is 50.7 Å². The molecule has 2 aliphatic heterocycles. The molecule has 0 radical (unpaired) electrons. The fraction of sp³-hybridized carbons (Fsp3) is 0.650. The molecule has 2 saturated heterocycles. The number of benzene rings is 1. The Morgan fingerprint density at radius 1 is 1.15 bits per heavy atom. The van der Waals surface area contributed by atoms with Gasteiger partial charge in [0, 0.05) is 51.0 Å². The second kappa shape index (κ2) is 9.35. The van der Waals surface area contributed by atoms with Crippen LogP contribution in [-0.2, 0) is 0 Å². The first-order valence-corrected chi connectivity index (χ1v) is 9.95. The number of rotatable bonds is 6. The fourth-order valence-electron chi connectivity index (χ4n) is 4.03. The van der Waals surface area contributed by atoms with Crippen LogP contribution in [0.3, 0.4) is 0 Å². The maximum absolute atomic E-state index is 13.4. The Balaban J connectivity index is 1.33. The summed E-state index contributed by atoms with van der Waals surface area (Å²) in [5.74, 6) is -0.595. The molecule has 3 rings (SSSR count). The summed E-state index contributed by atoms with van der Waals surface area (Å²) in [4.78, 5) is 16.4. The summed E-state index contributed by atoms with van der Waals surface area (Å²) in [5, 5.41) is 5.86. The van der Waals surface area contributed by atoms with Gasteiger partial charge >= 0.3 is 6.03 Å². The Bertz CT molecular complexity index is 642. The van der Waals surface area contributed by atoms with Crippen LogP contribution in [0, 0.1) is 23.5 Å². The van der Waals surface area contributed by atoms with Gasteiger partial charge in [-0.25, -0.2) is 13.6 Å². The molecule has 1 aromatic rings. The van der Waals surface area contributed by atoms with Crippen molar-refractivity contribution in [3.05, 3.63) is 29.8 Å². The minimum Gasteiger partial charge on any atom is -0.371 e. The highest BCUT2D eigenvalue weighted by molar-refractivity contribution is 5.73. The van der Waals surface area contributed by atoms with Crippen molar-refractivity contribution in [2.24, 2.45) is 11.8 Å². The average molecular weight is 380 g/mol. The molecule has 7 heteroatoms. The minimum atomic E-state index is -0.827. The molecule has 2 fully saturated rings. The molecule has 0 saturated carbocycles. The van der Waals surface area contributed by atoms with Gasteiger partial charge < -0.3 is 20.4 Å². The first-order chi connectivity index (χ1) is 13.0. The second-order valence-corrected chi connectivity index (χ2v) is 7.88. The number of hydrogen-bond donors (Lipinski definition) is 2. The molecule has 2 heterocycles. The van der Waals surface area contributed by atoms with Crippen LogP contribution in [0.1, 0.15) is 26.2 Å². The van der Waals surface area contributed by atoms with Gasteiger partial charge in [-0.2, -0.15) is 0 Å². The SMILES string of the molecule is C[C@H]1CCCN(CCNC(=O)NC[C@@H]2CCN(c3ccc(F)c(F)c3)C2)C1. The average Bonchev–Trinajstić information content (AvgIpc) is 3.11. The van der Waals surface area contributed by atoms with Crippen LogP contribution in [0.5, 0.6) is 0 Å². The number of nitrogens with zero attached hydrogens (tertiary/aromatic N) is 2. The molecule has 0 aromatic heterocycles. The standard InChI is InChI=1S/C20H30F2N4O/c1-15-3-2-8-25(13-15)10-7-23-20(27)24-12-16-6-9-26(14-16)17-4-5-18(21)19(22)11-17/h4-5,11,15-16H,2-3,6-10,12-14H2,1H3,(H2,23,24,27)/t15-,16-/m0/s1. The van der Waals surface area contributed by atoms with Crippen LogP contribution in [-0.4, -0.2) is 56.7 Å². The van der Waals surface area contributed by atoms with Crippen LogP contribution in [0.2, 0.25) is 0 Å². The normalized spacial score (nSPS) is 23.4. The third-order valence-corrected chi connectivity index (χ3v) is 5.56. The topological polar surface area (TPSA) is 47.6 Å². The molecule has 2 N–H and O–H groups in total. The van der Waals surface area contributed by atoms with Gasteiger partial charge in [-0.1, -0.05) is 6.92 Å². The van der Waals surface area contributed by atoms with Crippen molar-refractivity contribution in [1.29, 1.82) is 0 Å². The fourth-order valence-corrected chi connectivity index (χ4v) is 4.03. The van der Waals surface area contributed by atoms with Gasteiger partial charge in [0.1, 0.15) is 0 Å². The van der Waals surface area contributed by atoms with Crippen molar-refractivity contribution < 1.29 is 13.6 Å². The molecular formula is C20H30F2N4O. The van der Waals surface area contributed by atoms with E-state index in [1.165, 1.54) is 18.9 Å². The summed E-state index contributed by atoms with van der Waals surface area (Å²) in [6, 6.07) is 3.86. The zero-order chi connectivity index (χ0) is 19.2. The molecule has 5 nitrogen and oxygen atoms in total. The van der Waals surface area contributed by atoms with Crippen molar-refractivity contribution in [2.45, 2.75) is 26.2 Å². The number of carbonyl (C=O) groups excluding carboxylic acids is 1. The number of carbonyl (C=O) groups is 1.